The average molecular weight is 263 g/mol. The van der Waals surface area contributed by atoms with Gasteiger partial charge in [0.1, 0.15) is 5.69 Å². The van der Waals surface area contributed by atoms with Gasteiger partial charge in [-0.1, -0.05) is 12.1 Å². The first-order chi connectivity index (χ1) is 8.80. The molecule has 0 aliphatic rings. The number of furan rings is 1. The van der Waals surface area contributed by atoms with Crippen LogP contribution in [0.15, 0.2) is 64.2 Å². The number of carbonyl (C=O) groups is 1. The lowest BCUT2D eigenvalue weighted by Gasteiger charge is -1.78. The summed E-state index contributed by atoms with van der Waals surface area (Å²) in [5, 5.41) is 10.1. The van der Waals surface area contributed by atoms with Gasteiger partial charge in [-0.15, -0.1) is 0 Å². The molecule has 0 spiro atoms. The summed E-state index contributed by atoms with van der Waals surface area (Å²) in [5.41, 5.74) is 5.11. The number of aromatic amines is 1. The molecular formula is C12H13N3O2S. The fraction of sp³-hybridized carbons (Fsp3) is 0. The van der Waals surface area contributed by atoms with Crippen LogP contribution in [0.1, 0.15) is 10.5 Å². The minimum absolute atomic E-state index is 0.269. The Balaban J connectivity index is 0.000000141. The lowest BCUT2D eigenvalue weighted by atomic mass is 10.4. The van der Waals surface area contributed by atoms with E-state index in [4.69, 9.17) is 5.73 Å². The van der Waals surface area contributed by atoms with Crippen molar-refractivity contribution in [3.05, 3.63) is 65.5 Å². The molecular weight excluding hydrogens is 250 g/mol. The predicted octanol–water partition coefficient (Wildman–Crippen LogP) is 2.54. The number of thiophene rings is 1. The van der Waals surface area contributed by atoms with E-state index in [1.807, 2.05) is 35.0 Å². The number of primary amides is 1. The van der Waals surface area contributed by atoms with Gasteiger partial charge in [0.15, 0.2) is 0 Å². The van der Waals surface area contributed by atoms with E-state index in [1.54, 1.807) is 30.1 Å². The standard InChI is InChI=1S/C4H5N3O.C4H4O.C4H4S/c5-4(8)3-1-2-6-7-3;2*1-2-4-5-3-1/h1-2H,(H2,5,8)(H,6,7);2*1-4H. The quantitative estimate of drug-likeness (QED) is 0.707. The molecule has 0 unspecified atom stereocenters. The second kappa shape index (κ2) is 8.77. The van der Waals surface area contributed by atoms with Gasteiger partial charge >= 0.3 is 0 Å². The molecule has 18 heavy (non-hydrogen) atoms. The number of amides is 1. The van der Waals surface area contributed by atoms with Crippen LogP contribution in [-0.4, -0.2) is 16.1 Å². The van der Waals surface area contributed by atoms with E-state index in [9.17, 15) is 4.79 Å². The Morgan fingerprint density at radius 3 is 2.11 bits per heavy atom. The van der Waals surface area contributed by atoms with Crippen LogP contribution in [0.4, 0.5) is 0 Å². The lowest BCUT2D eigenvalue weighted by Crippen LogP contribution is -2.10. The van der Waals surface area contributed by atoms with E-state index in [0.29, 0.717) is 0 Å². The molecule has 6 heteroatoms. The summed E-state index contributed by atoms with van der Waals surface area (Å²) in [4.78, 5) is 10.2. The Kier molecular flexibility index (Phi) is 6.69. The Hall–Kier alpha value is -2.34. The van der Waals surface area contributed by atoms with E-state index in [2.05, 4.69) is 14.6 Å². The molecule has 3 aromatic rings. The van der Waals surface area contributed by atoms with E-state index in [0.717, 1.165) is 0 Å². The molecule has 0 saturated carbocycles. The van der Waals surface area contributed by atoms with Gasteiger partial charge in [0.25, 0.3) is 5.91 Å². The fourth-order valence-electron chi connectivity index (χ4n) is 0.851. The maximum Gasteiger partial charge on any atom is 0.269 e. The van der Waals surface area contributed by atoms with Crippen molar-refractivity contribution in [1.29, 1.82) is 0 Å². The van der Waals surface area contributed by atoms with E-state index in [1.165, 1.54) is 6.07 Å². The van der Waals surface area contributed by atoms with Crippen LogP contribution in [0.2, 0.25) is 0 Å². The molecule has 0 aliphatic carbocycles. The van der Waals surface area contributed by atoms with Gasteiger partial charge in [-0.2, -0.15) is 16.4 Å². The zero-order valence-corrected chi connectivity index (χ0v) is 10.3. The van der Waals surface area contributed by atoms with Crippen molar-refractivity contribution in [1.82, 2.24) is 10.2 Å². The SMILES string of the molecule is NC(=O)c1cc[nH]n1.c1ccoc1.c1ccsc1. The van der Waals surface area contributed by atoms with Crippen LogP contribution in [-0.2, 0) is 0 Å². The third-order valence-electron chi connectivity index (χ3n) is 1.60. The van der Waals surface area contributed by atoms with Crippen molar-refractivity contribution in [3.63, 3.8) is 0 Å². The molecule has 3 aromatic heterocycles. The van der Waals surface area contributed by atoms with Crippen LogP contribution in [0, 0.1) is 0 Å². The largest absolute Gasteiger partial charge is 0.473 e. The molecule has 0 atom stereocenters. The smallest absolute Gasteiger partial charge is 0.269 e. The lowest BCUT2D eigenvalue weighted by molar-refractivity contribution is 0.0995. The predicted molar refractivity (Wildman–Crippen MR) is 70.1 cm³/mol. The second-order valence-corrected chi connectivity index (χ2v) is 3.73. The molecule has 0 aliphatic heterocycles. The van der Waals surface area contributed by atoms with Crippen LogP contribution < -0.4 is 5.73 Å². The summed E-state index contributed by atoms with van der Waals surface area (Å²) in [6.07, 6.45) is 4.79. The highest BCUT2D eigenvalue weighted by Crippen LogP contribution is 1.91. The molecule has 3 N–H and O–H groups in total. The average Bonchev–Trinajstić information content (AvgIpc) is 3.16. The Bertz CT molecular complexity index is 429. The Morgan fingerprint density at radius 2 is 1.89 bits per heavy atom. The third kappa shape index (κ3) is 6.29. The van der Waals surface area contributed by atoms with Crippen LogP contribution in [0.3, 0.4) is 0 Å². The first kappa shape index (κ1) is 13.7. The molecule has 0 fully saturated rings. The fourth-order valence-corrected chi connectivity index (χ4v) is 1.30. The molecule has 0 saturated heterocycles. The van der Waals surface area contributed by atoms with Crippen molar-refractivity contribution in [2.24, 2.45) is 5.73 Å². The first-order valence-corrected chi connectivity index (χ1v) is 5.99. The number of H-pyrrole nitrogens is 1. The highest BCUT2D eigenvalue weighted by molar-refractivity contribution is 7.07. The first-order valence-electron chi connectivity index (χ1n) is 5.04. The highest BCUT2D eigenvalue weighted by Gasteiger charge is 1.97. The number of hydrogen-bond donors (Lipinski definition) is 2. The van der Waals surface area contributed by atoms with Crippen LogP contribution >= 0.6 is 11.3 Å². The van der Waals surface area contributed by atoms with E-state index in [-0.39, 0.29) is 5.69 Å². The van der Waals surface area contributed by atoms with Crippen molar-refractivity contribution in [2.75, 3.05) is 0 Å². The molecule has 1 amide bonds. The summed E-state index contributed by atoms with van der Waals surface area (Å²) >= 11 is 1.71. The third-order valence-corrected chi connectivity index (χ3v) is 2.23. The maximum absolute atomic E-state index is 10.2. The molecule has 94 valence electrons. The van der Waals surface area contributed by atoms with Crippen molar-refractivity contribution >= 4 is 17.2 Å². The molecule has 0 radical (unpaired) electrons. The number of hydrogen-bond acceptors (Lipinski definition) is 4. The minimum atomic E-state index is -0.508. The summed E-state index contributed by atoms with van der Waals surface area (Å²) in [6, 6.07) is 9.22. The molecule has 5 nitrogen and oxygen atoms in total. The van der Waals surface area contributed by atoms with E-state index >= 15 is 0 Å². The van der Waals surface area contributed by atoms with Gasteiger partial charge < -0.3 is 10.2 Å². The van der Waals surface area contributed by atoms with Crippen LogP contribution in [0.5, 0.6) is 0 Å². The topological polar surface area (TPSA) is 84.9 Å². The molecule has 0 bridgehead atoms. The summed E-state index contributed by atoms with van der Waals surface area (Å²) in [6.45, 7) is 0. The normalized spacial score (nSPS) is 8.44. The molecule has 0 aromatic carbocycles. The van der Waals surface area contributed by atoms with Crippen molar-refractivity contribution < 1.29 is 9.21 Å². The number of nitrogens with zero attached hydrogens (tertiary/aromatic N) is 1. The van der Waals surface area contributed by atoms with Gasteiger partial charge in [-0.3, -0.25) is 9.89 Å². The number of aromatic nitrogens is 2. The minimum Gasteiger partial charge on any atom is -0.473 e. The van der Waals surface area contributed by atoms with E-state index < -0.39 is 5.91 Å². The number of nitrogens with two attached hydrogens (primary N) is 1. The highest BCUT2D eigenvalue weighted by atomic mass is 32.1. The summed E-state index contributed by atoms with van der Waals surface area (Å²) in [5.74, 6) is -0.508. The van der Waals surface area contributed by atoms with Gasteiger partial charge in [-0.05, 0) is 29.0 Å². The Labute approximate surface area is 108 Å². The maximum atomic E-state index is 10.2. The number of carbonyl (C=O) groups excluding carboxylic acids is 1. The number of rotatable bonds is 1. The van der Waals surface area contributed by atoms with Gasteiger partial charge in [-0.25, -0.2) is 0 Å². The van der Waals surface area contributed by atoms with Crippen LogP contribution in [0.25, 0.3) is 0 Å². The monoisotopic (exact) mass is 263 g/mol. The second-order valence-electron chi connectivity index (χ2n) is 2.91. The summed E-state index contributed by atoms with van der Waals surface area (Å²) < 4.78 is 4.58. The van der Waals surface area contributed by atoms with Crippen molar-refractivity contribution in [2.45, 2.75) is 0 Å². The van der Waals surface area contributed by atoms with Gasteiger partial charge in [0.2, 0.25) is 0 Å². The van der Waals surface area contributed by atoms with Crippen molar-refractivity contribution in [3.8, 4) is 0 Å². The van der Waals surface area contributed by atoms with Gasteiger partial charge in [0.05, 0.1) is 12.5 Å². The summed E-state index contributed by atoms with van der Waals surface area (Å²) in [7, 11) is 0. The zero-order chi connectivity index (χ0) is 13.1. The molecule has 3 rings (SSSR count). The Morgan fingerprint density at radius 1 is 1.22 bits per heavy atom. The molecule has 3 heterocycles. The zero-order valence-electron chi connectivity index (χ0n) is 9.52. The number of nitrogens with one attached hydrogen (secondary N) is 1. The van der Waals surface area contributed by atoms with Gasteiger partial charge in [0, 0.05) is 6.20 Å².